The van der Waals surface area contributed by atoms with Crippen LogP contribution in [0.5, 0.6) is 0 Å². The van der Waals surface area contributed by atoms with Gasteiger partial charge in [-0.3, -0.25) is 9.47 Å². The summed E-state index contributed by atoms with van der Waals surface area (Å²) >= 11 is 0. The molecule has 5 rings (SSSR count). The highest BCUT2D eigenvalue weighted by Crippen LogP contribution is 2.30. The first kappa shape index (κ1) is 19.7. The minimum atomic E-state index is 0.349. The number of anilines is 1. The number of benzene rings is 1. The van der Waals surface area contributed by atoms with E-state index in [0.29, 0.717) is 11.9 Å². The number of rotatable bonds is 4. The van der Waals surface area contributed by atoms with E-state index in [2.05, 4.69) is 38.7 Å². The van der Waals surface area contributed by atoms with Crippen LogP contribution < -0.4 is 11.5 Å². The summed E-state index contributed by atoms with van der Waals surface area (Å²) in [6, 6.07) is 16.8. The lowest BCUT2D eigenvalue weighted by atomic mass is 10.1. The Kier molecular flexibility index (Phi) is 5.13. The van der Waals surface area contributed by atoms with Crippen molar-refractivity contribution in [3.63, 3.8) is 0 Å². The highest BCUT2D eigenvalue weighted by molar-refractivity contribution is 5.82. The van der Waals surface area contributed by atoms with Gasteiger partial charge in [0, 0.05) is 30.2 Å². The highest BCUT2D eigenvalue weighted by Gasteiger charge is 2.19. The van der Waals surface area contributed by atoms with Crippen LogP contribution in [0.3, 0.4) is 0 Å². The molecule has 1 aliphatic heterocycles. The number of fused-ring (bicyclic) bond motifs is 1. The van der Waals surface area contributed by atoms with Gasteiger partial charge >= 0.3 is 0 Å². The van der Waals surface area contributed by atoms with Crippen LogP contribution in [0.1, 0.15) is 24.1 Å². The Morgan fingerprint density at radius 2 is 1.77 bits per heavy atom. The molecule has 4 heterocycles. The van der Waals surface area contributed by atoms with E-state index in [1.165, 1.54) is 5.56 Å². The molecule has 1 aliphatic rings. The molecule has 3 aromatic heterocycles. The van der Waals surface area contributed by atoms with Crippen molar-refractivity contribution >= 4 is 17.0 Å². The average Bonchev–Trinajstić information content (AvgIpc) is 3.14. The number of hydrogen-bond acceptors (Lipinski definition) is 6. The van der Waals surface area contributed by atoms with Gasteiger partial charge < -0.3 is 11.5 Å². The molecule has 0 bridgehead atoms. The molecule has 0 spiro atoms. The van der Waals surface area contributed by atoms with Gasteiger partial charge in [-0.1, -0.05) is 12.1 Å². The molecule has 1 fully saturated rings. The molecule has 0 radical (unpaired) electrons. The largest absolute Gasteiger partial charge is 0.383 e. The van der Waals surface area contributed by atoms with Crippen molar-refractivity contribution in [2.75, 3.05) is 18.8 Å². The molecular formula is C24H27N7. The van der Waals surface area contributed by atoms with Crippen LogP contribution in [0, 0.1) is 6.92 Å². The van der Waals surface area contributed by atoms with Crippen LogP contribution in [-0.2, 0) is 6.54 Å². The summed E-state index contributed by atoms with van der Waals surface area (Å²) in [6.07, 6.45) is 3.83. The maximum Gasteiger partial charge on any atom is 0.165 e. The zero-order valence-corrected chi connectivity index (χ0v) is 17.7. The number of aromatic nitrogens is 4. The van der Waals surface area contributed by atoms with Crippen LogP contribution in [0.2, 0.25) is 0 Å². The molecule has 1 aromatic carbocycles. The molecule has 0 amide bonds. The zero-order chi connectivity index (χ0) is 21.4. The van der Waals surface area contributed by atoms with Crippen molar-refractivity contribution in [3.05, 3.63) is 66.0 Å². The first-order chi connectivity index (χ1) is 15.1. The second kappa shape index (κ2) is 8.09. The topological polar surface area (TPSA) is 98.9 Å². The summed E-state index contributed by atoms with van der Waals surface area (Å²) in [5, 5.41) is 0. The number of imidazole rings is 1. The number of hydrogen-bond donors (Lipinski definition) is 2. The van der Waals surface area contributed by atoms with Gasteiger partial charge in [0.2, 0.25) is 0 Å². The van der Waals surface area contributed by atoms with Crippen LogP contribution in [-0.4, -0.2) is 43.6 Å². The van der Waals surface area contributed by atoms with Gasteiger partial charge in [-0.05, 0) is 74.8 Å². The number of nitrogens with zero attached hydrogens (tertiary/aromatic N) is 5. The second-order valence-electron chi connectivity index (χ2n) is 8.28. The smallest absolute Gasteiger partial charge is 0.165 e. The molecule has 4 N–H and O–H groups in total. The van der Waals surface area contributed by atoms with Crippen LogP contribution >= 0.6 is 0 Å². The second-order valence-corrected chi connectivity index (χ2v) is 8.28. The Hall–Kier alpha value is -3.29. The molecule has 0 saturated carbocycles. The van der Waals surface area contributed by atoms with Gasteiger partial charge in [0.15, 0.2) is 11.5 Å². The van der Waals surface area contributed by atoms with Crippen molar-refractivity contribution in [2.45, 2.75) is 32.4 Å². The lowest BCUT2D eigenvalue weighted by Crippen LogP contribution is -2.39. The van der Waals surface area contributed by atoms with Crippen molar-refractivity contribution in [1.29, 1.82) is 0 Å². The molecule has 0 unspecified atom stereocenters. The number of likely N-dealkylation sites (tertiary alicyclic amines) is 1. The van der Waals surface area contributed by atoms with Crippen molar-refractivity contribution in [2.24, 2.45) is 5.73 Å². The van der Waals surface area contributed by atoms with Gasteiger partial charge in [0.1, 0.15) is 11.3 Å². The Balaban J connectivity index is 1.54. The molecule has 0 atom stereocenters. The molecule has 4 aromatic rings. The third-order valence-electron chi connectivity index (χ3n) is 5.96. The maximum absolute atomic E-state index is 6.19. The standard InChI is InChI=1S/C24H27N7/c1-16-4-9-21-24(28-16)31(23(29-21)20-3-2-12-27-22(20)26)19-7-5-17(6-8-19)15-30-13-10-18(25)11-14-30/h2-9,12,18H,10-11,13-15,25H2,1H3,(H2,26,27). The minimum absolute atomic E-state index is 0.349. The Morgan fingerprint density at radius 3 is 2.52 bits per heavy atom. The molecule has 0 aliphatic carbocycles. The maximum atomic E-state index is 6.19. The first-order valence-corrected chi connectivity index (χ1v) is 10.7. The number of nitrogens with two attached hydrogens (primary N) is 2. The van der Waals surface area contributed by atoms with Gasteiger partial charge in [-0.25, -0.2) is 15.0 Å². The van der Waals surface area contributed by atoms with E-state index in [4.69, 9.17) is 21.4 Å². The summed E-state index contributed by atoms with van der Waals surface area (Å²) in [6.45, 7) is 5.05. The molecular weight excluding hydrogens is 386 g/mol. The van der Waals surface area contributed by atoms with E-state index in [0.717, 1.165) is 66.4 Å². The van der Waals surface area contributed by atoms with Crippen LogP contribution in [0.15, 0.2) is 54.7 Å². The average molecular weight is 414 g/mol. The SMILES string of the molecule is Cc1ccc2nc(-c3cccnc3N)n(-c3ccc(CN4CCC(N)CC4)cc3)c2n1. The van der Waals surface area contributed by atoms with E-state index in [9.17, 15) is 0 Å². The lowest BCUT2D eigenvalue weighted by Gasteiger charge is -2.30. The molecule has 31 heavy (non-hydrogen) atoms. The third-order valence-corrected chi connectivity index (χ3v) is 5.96. The van der Waals surface area contributed by atoms with Crippen molar-refractivity contribution < 1.29 is 0 Å². The predicted molar refractivity (Wildman–Crippen MR) is 124 cm³/mol. The van der Waals surface area contributed by atoms with Crippen molar-refractivity contribution in [1.82, 2.24) is 24.4 Å². The highest BCUT2D eigenvalue weighted by atomic mass is 15.1. The zero-order valence-electron chi connectivity index (χ0n) is 17.7. The van der Waals surface area contributed by atoms with Crippen LogP contribution in [0.25, 0.3) is 28.2 Å². The molecule has 158 valence electrons. The number of nitrogen functional groups attached to an aromatic ring is 1. The lowest BCUT2D eigenvalue weighted by molar-refractivity contribution is 0.205. The summed E-state index contributed by atoms with van der Waals surface area (Å²) < 4.78 is 2.07. The Morgan fingerprint density at radius 1 is 1.00 bits per heavy atom. The van der Waals surface area contributed by atoms with E-state index < -0.39 is 0 Å². The fraction of sp³-hybridized carbons (Fsp3) is 0.292. The van der Waals surface area contributed by atoms with E-state index in [-0.39, 0.29) is 0 Å². The fourth-order valence-corrected chi connectivity index (χ4v) is 4.20. The normalized spacial score (nSPS) is 15.5. The summed E-state index contributed by atoms with van der Waals surface area (Å²) in [5.74, 6) is 1.20. The summed E-state index contributed by atoms with van der Waals surface area (Å²) in [4.78, 5) is 16.3. The number of pyridine rings is 2. The number of piperidine rings is 1. The van der Waals surface area contributed by atoms with Crippen molar-refractivity contribution in [3.8, 4) is 17.1 Å². The molecule has 7 nitrogen and oxygen atoms in total. The van der Waals surface area contributed by atoms with E-state index in [1.54, 1.807) is 6.20 Å². The molecule has 7 heteroatoms. The third kappa shape index (κ3) is 3.89. The predicted octanol–water partition coefficient (Wildman–Crippen LogP) is 3.30. The van der Waals surface area contributed by atoms with Gasteiger partial charge in [0.25, 0.3) is 0 Å². The fourth-order valence-electron chi connectivity index (χ4n) is 4.20. The summed E-state index contributed by atoms with van der Waals surface area (Å²) in [7, 11) is 0. The van der Waals surface area contributed by atoms with Crippen LogP contribution in [0.4, 0.5) is 5.82 Å². The Labute approximate surface area is 181 Å². The van der Waals surface area contributed by atoms with Gasteiger partial charge in [-0.2, -0.15) is 0 Å². The number of aryl methyl sites for hydroxylation is 1. The molecule has 1 saturated heterocycles. The van der Waals surface area contributed by atoms with E-state index >= 15 is 0 Å². The van der Waals surface area contributed by atoms with Gasteiger partial charge in [0.05, 0.1) is 5.56 Å². The first-order valence-electron chi connectivity index (χ1n) is 10.7. The Bertz CT molecular complexity index is 1200. The van der Waals surface area contributed by atoms with E-state index in [1.807, 2.05) is 31.2 Å². The van der Waals surface area contributed by atoms with Gasteiger partial charge in [-0.15, -0.1) is 0 Å². The minimum Gasteiger partial charge on any atom is -0.383 e. The monoisotopic (exact) mass is 413 g/mol. The quantitative estimate of drug-likeness (QED) is 0.533. The summed E-state index contributed by atoms with van der Waals surface area (Å²) in [5.41, 5.74) is 17.9.